The van der Waals surface area contributed by atoms with Crippen LogP contribution >= 0.6 is 0 Å². The Morgan fingerprint density at radius 3 is 2.03 bits per heavy atom. The predicted octanol–water partition coefficient (Wildman–Crippen LogP) is 3.17. The number of hydroxylamine groups is 1. The fraction of sp³-hybridized carbons (Fsp3) is 0.571. The molecule has 0 aliphatic heterocycles. The fourth-order valence-corrected chi connectivity index (χ4v) is 4.15. The molecule has 0 aliphatic rings. The lowest BCUT2D eigenvalue weighted by molar-refractivity contribution is -0.136. The van der Waals surface area contributed by atoms with E-state index in [0.29, 0.717) is 12.8 Å². The van der Waals surface area contributed by atoms with Crippen LogP contribution in [0.1, 0.15) is 66.9 Å². The number of nitrogens with one attached hydrogen (secondary N) is 5. The van der Waals surface area contributed by atoms with Gasteiger partial charge in [-0.15, -0.1) is 0 Å². The normalized spacial score (nSPS) is 15.4. The maximum absolute atomic E-state index is 13.5. The first-order valence-electron chi connectivity index (χ1n) is 13.4. The van der Waals surface area contributed by atoms with Gasteiger partial charge in [-0.1, -0.05) is 58.7 Å². The second kappa shape index (κ2) is 14.0. The molecule has 216 valence electrons. The van der Waals surface area contributed by atoms with Crippen LogP contribution in [0.15, 0.2) is 30.5 Å². The van der Waals surface area contributed by atoms with Crippen LogP contribution in [-0.2, 0) is 25.5 Å². The van der Waals surface area contributed by atoms with E-state index in [1.54, 1.807) is 32.4 Å². The number of aromatic amines is 1. The Kier molecular flexibility index (Phi) is 11.3. The number of H-pyrrole nitrogens is 1. The molecular weight excluding hydrogens is 502 g/mol. The molecule has 0 fully saturated rings. The van der Waals surface area contributed by atoms with Gasteiger partial charge in [0.2, 0.25) is 11.8 Å². The Labute approximate surface area is 229 Å². The SMILES string of the molecule is CC[C@H](C)[C@H](NC(=O)OC(C)(C)C)C(=O)N[C@H](C(=O)N[C@@H](Cc1c[nH]c2ccccc12)C(=O)NO)[C@@H](C)CC. The van der Waals surface area contributed by atoms with Gasteiger partial charge in [-0.05, 0) is 44.2 Å². The predicted molar refractivity (Wildman–Crippen MR) is 148 cm³/mol. The molecule has 2 rings (SSSR count). The van der Waals surface area contributed by atoms with Gasteiger partial charge in [-0.25, -0.2) is 10.3 Å². The number of carbonyl (C=O) groups excluding carboxylic acids is 4. The molecule has 0 unspecified atom stereocenters. The molecular formula is C28H43N5O6. The maximum Gasteiger partial charge on any atom is 0.408 e. The summed E-state index contributed by atoms with van der Waals surface area (Å²) in [7, 11) is 0. The summed E-state index contributed by atoms with van der Waals surface area (Å²) in [5, 5.41) is 18.3. The van der Waals surface area contributed by atoms with E-state index in [4.69, 9.17) is 4.74 Å². The molecule has 0 aliphatic carbocycles. The average Bonchev–Trinajstić information content (AvgIpc) is 3.30. The summed E-state index contributed by atoms with van der Waals surface area (Å²) >= 11 is 0. The van der Waals surface area contributed by atoms with Crippen molar-refractivity contribution in [2.24, 2.45) is 11.8 Å². The number of rotatable bonds is 12. The highest BCUT2D eigenvalue weighted by atomic mass is 16.6. The molecule has 6 N–H and O–H groups in total. The Morgan fingerprint density at radius 1 is 0.897 bits per heavy atom. The third-order valence-electron chi connectivity index (χ3n) is 6.80. The van der Waals surface area contributed by atoms with Crippen LogP contribution in [0.5, 0.6) is 0 Å². The molecule has 1 aromatic carbocycles. The van der Waals surface area contributed by atoms with Gasteiger partial charge >= 0.3 is 6.09 Å². The van der Waals surface area contributed by atoms with Crippen molar-refractivity contribution in [1.82, 2.24) is 26.4 Å². The number of hydrogen-bond donors (Lipinski definition) is 6. The summed E-state index contributed by atoms with van der Waals surface area (Å²) in [6.45, 7) is 12.6. The van der Waals surface area contributed by atoms with Gasteiger partial charge in [0.25, 0.3) is 5.91 Å². The van der Waals surface area contributed by atoms with E-state index in [2.05, 4.69) is 20.9 Å². The Bertz CT molecular complexity index is 1140. The number of para-hydroxylation sites is 1. The third kappa shape index (κ3) is 8.98. The number of aromatic nitrogens is 1. The Hall–Kier alpha value is -3.60. The van der Waals surface area contributed by atoms with Gasteiger partial charge in [-0.3, -0.25) is 19.6 Å². The molecule has 1 heterocycles. The van der Waals surface area contributed by atoms with Crippen LogP contribution in [-0.4, -0.2) is 57.7 Å². The van der Waals surface area contributed by atoms with E-state index in [0.717, 1.165) is 16.5 Å². The van der Waals surface area contributed by atoms with Crippen molar-refractivity contribution in [3.8, 4) is 0 Å². The molecule has 0 saturated carbocycles. The van der Waals surface area contributed by atoms with E-state index in [1.165, 1.54) is 0 Å². The Morgan fingerprint density at radius 2 is 1.46 bits per heavy atom. The summed E-state index contributed by atoms with van der Waals surface area (Å²) in [6, 6.07) is 4.50. The van der Waals surface area contributed by atoms with Gasteiger partial charge in [0.1, 0.15) is 23.7 Å². The van der Waals surface area contributed by atoms with Crippen molar-refractivity contribution in [1.29, 1.82) is 0 Å². The summed E-state index contributed by atoms with van der Waals surface area (Å²) in [5.74, 6) is -2.43. The first-order valence-corrected chi connectivity index (χ1v) is 13.4. The molecule has 0 radical (unpaired) electrons. The zero-order valence-corrected chi connectivity index (χ0v) is 23.9. The molecule has 1 aromatic heterocycles. The van der Waals surface area contributed by atoms with Crippen LogP contribution in [0.2, 0.25) is 0 Å². The monoisotopic (exact) mass is 545 g/mol. The van der Waals surface area contributed by atoms with Gasteiger partial charge in [0.15, 0.2) is 0 Å². The van der Waals surface area contributed by atoms with Crippen LogP contribution < -0.4 is 21.4 Å². The molecule has 2 aromatic rings. The first kappa shape index (κ1) is 31.6. The van der Waals surface area contributed by atoms with E-state index >= 15 is 0 Å². The standard InChI is InChI=1S/C28H43N5O6/c1-8-16(3)22(31-26(36)23(17(4)9-2)32-27(37)39-28(5,6)7)25(35)30-21(24(34)33-38)14-18-15-29-20-13-11-10-12-19(18)20/h10-13,15-17,21-23,29,38H,8-9,14H2,1-7H3,(H,30,35)(H,31,36)(H,32,37)(H,33,34)/t16-,17-,21-,22-,23-/m0/s1. The van der Waals surface area contributed by atoms with Gasteiger partial charge in [0.05, 0.1) is 0 Å². The first-order chi connectivity index (χ1) is 18.3. The van der Waals surface area contributed by atoms with Gasteiger partial charge in [-0.2, -0.15) is 0 Å². The van der Waals surface area contributed by atoms with E-state index in [-0.39, 0.29) is 18.3 Å². The summed E-state index contributed by atoms with van der Waals surface area (Å²) in [6.07, 6.45) is 2.29. The van der Waals surface area contributed by atoms with E-state index in [1.807, 2.05) is 52.0 Å². The maximum atomic E-state index is 13.5. The molecule has 11 heteroatoms. The third-order valence-corrected chi connectivity index (χ3v) is 6.80. The van der Waals surface area contributed by atoms with Gasteiger partial charge < -0.3 is 25.7 Å². The second-order valence-electron chi connectivity index (χ2n) is 11.0. The van der Waals surface area contributed by atoms with Crippen LogP contribution in [0.25, 0.3) is 10.9 Å². The fourth-order valence-electron chi connectivity index (χ4n) is 4.15. The average molecular weight is 546 g/mol. The number of ether oxygens (including phenoxy) is 1. The van der Waals surface area contributed by atoms with Crippen molar-refractivity contribution in [2.75, 3.05) is 0 Å². The van der Waals surface area contributed by atoms with Crippen molar-refractivity contribution >= 4 is 34.7 Å². The highest BCUT2D eigenvalue weighted by Gasteiger charge is 2.34. The quantitative estimate of drug-likeness (QED) is 0.177. The highest BCUT2D eigenvalue weighted by Crippen LogP contribution is 2.20. The van der Waals surface area contributed by atoms with Crippen molar-refractivity contribution in [3.63, 3.8) is 0 Å². The highest BCUT2D eigenvalue weighted by molar-refractivity contribution is 5.94. The van der Waals surface area contributed by atoms with Crippen LogP contribution in [0, 0.1) is 11.8 Å². The zero-order valence-electron chi connectivity index (χ0n) is 23.9. The lowest BCUT2D eigenvalue weighted by Gasteiger charge is -2.30. The molecule has 5 atom stereocenters. The van der Waals surface area contributed by atoms with Crippen LogP contribution in [0.3, 0.4) is 0 Å². The van der Waals surface area contributed by atoms with E-state index in [9.17, 15) is 24.4 Å². The molecule has 0 saturated heterocycles. The van der Waals surface area contributed by atoms with Gasteiger partial charge in [0, 0.05) is 23.5 Å². The van der Waals surface area contributed by atoms with Crippen molar-refractivity contribution < 1.29 is 29.1 Å². The van der Waals surface area contributed by atoms with Crippen molar-refractivity contribution in [3.05, 3.63) is 36.0 Å². The van der Waals surface area contributed by atoms with Crippen molar-refractivity contribution in [2.45, 2.75) is 91.5 Å². The smallest absolute Gasteiger partial charge is 0.408 e. The molecule has 11 nitrogen and oxygen atoms in total. The molecule has 0 spiro atoms. The number of fused-ring (bicyclic) bond motifs is 1. The number of benzene rings is 1. The molecule has 0 bridgehead atoms. The number of carbonyl (C=O) groups is 4. The summed E-state index contributed by atoms with van der Waals surface area (Å²) < 4.78 is 5.33. The topological polar surface area (TPSA) is 162 Å². The second-order valence-corrected chi connectivity index (χ2v) is 11.0. The summed E-state index contributed by atoms with van der Waals surface area (Å²) in [4.78, 5) is 54.9. The Balaban J connectivity index is 2.24. The number of alkyl carbamates (subject to hydrolysis) is 1. The minimum absolute atomic E-state index is 0.110. The van der Waals surface area contributed by atoms with E-state index < -0.39 is 47.5 Å². The lowest BCUT2D eigenvalue weighted by atomic mass is 9.94. The lowest BCUT2D eigenvalue weighted by Crippen LogP contribution is -2.59. The zero-order chi connectivity index (χ0) is 29.3. The van der Waals surface area contributed by atoms with Crippen LogP contribution in [0.4, 0.5) is 4.79 Å². The largest absolute Gasteiger partial charge is 0.444 e. The number of hydrogen-bond acceptors (Lipinski definition) is 6. The minimum atomic E-state index is -1.10. The molecule has 39 heavy (non-hydrogen) atoms. The summed E-state index contributed by atoms with van der Waals surface area (Å²) in [5.41, 5.74) is 2.53. The number of amides is 4. The minimum Gasteiger partial charge on any atom is -0.444 e. The molecule has 4 amide bonds.